The molecule has 0 fully saturated rings. The standard InChI is InChI=1S/C18H17BrN2O4S/c1-4-25-18(23)15-9(2)14-16(22)20-13(21-17(14)26-15)8-10-7-11(19)5-6-12(10)24-3/h5-7H,4,8H2,1-3H3,(H,20,21,22). The van der Waals surface area contributed by atoms with Crippen molar-refractivity contribution in [2.45, 2.75) is 20.3 Å². The zero-order valence-electron chi connectivity index (χ0n) is 14.5. The molecule has 2 heterocycles. The first-order valence-corrected chi connectivity index (χ1v) is 9.57. The maximum atomic E-state index is 12.5. The molecule has 0 atom stereocenters. The van der Waals surface area contributed by atoms with Crippen molar-refractivity contribution < 1.29 is 14.3 Å². The number of esters is 1. The molecule has 0 amide bonds. The second-order valence-corrected chi connectivity index (χ2v) is 7.52. The molecule has 0 unspecified atom stereocenters. The van der Waals surface area contributed by atoms with E-state index in [2.05, 4.69) is 25.9 Å². The highest BCUT2D eigenvalue weighted by atomic mass is 79.9. The van der Waals surface area contributed by atoms with Crippen LogP contribution >= 0.6 is 27.3 Å². The van der Waals surface area contributed by atoms with Gasteiger partial charge >= 0.3 is 5.97 Å². The highest BCUT2D eigenvalue weighted by Crippen LogP contribution is 2.29. The number of aromatic nitrogens is 2. The monoisotopic (exact) mass is 436 g/mol. The number of hydrogen-bond acceptors (Lipinski definition) is 6. The molecule has 2 aromatic heterocycles. The van der Waals surface area contributed by atoms with Crippen LogP contribution < -0.4 is 10.3 Å². The Labute approximate surface area is 162 Å². The van der Waals surface area contributed by atoms with Crippen molar-refractivity contribution >= 4 is 43.5 Å². The first-order chi connectivity index (χ1) is 12.4. The maximum absolute atomic E-state index is 12.5. The molecule has 0 saturated heterocycles. The van der Waals surface area contributed by atoms with E-state index >= 15 is 0 Å². The largest absolute Gasteiger partial charge is 0.496 e. The molecule has 26 heavy (non-hydrogen) atoms. The van der Waals surface area contributed by atoms with Crippen LogP contribution in [0.1, 0.15) is 33.5 Å². The number of aromatic amines is 1. The second-order valence-electron chi connectivity index (χ2n) is 5.60. The summed E-state index contributed by atoms with van der Waals surface area (Å²) in [7, 11) is 1.60. The van der Waals surface area contributed by atoms with Gasteiger partial charge in [0.25, 0.3) is 5.56 Å². The number of nitrogens with one attached hydrogen (secondary N) is 1. The average Bonchev–Trinajstić information content (AvgIpc) is 2.92. The van der Waals surface area contributed by atoms with Gasteiger partial charge in [-0.3, -0.25) is 4.79 Å². The highest BCUT2D eigenvalue weighted by Gasteiger charge is 2.20. The van der Waals surface area contributed by atoms with Gasteiger partial charge in [-0.2, -0.15) is 0 Å². The number of halogens is 1. The highest BCUT2D eigenvalue weighted by molar-refractivity contribution is 9.10. The Balaban J connectivity index is 2.06. The minimum Gasteiger partial charge on any atom is -0.496 e. The Morgan fingerprint density at radius 1 is 1.38 bits per heavy atom. The van der Waals surface area contributed by atoms with E-state index in [0.29, 0.717) is 38.7 Å². The fourth-order valence-electron chi connectivity index (χ4n) is 2.73. The van der Waals surface area contributed by atoms with Crippen LogP contribution in [0.25, 0.3) is 10.2 Å². The molecule has 0 saturated carbocycles. The van der Waals surface area contributed by atoms with Gasteiger partial charge in [0.2, 0.25) is 0 Å². The van der Waals surface area contributed by atoms with E-state index in [4.69, 9.17) is 9.47 Å². The molecule has 1 N–H and O–H groups in total. The topological polar surface area (TPSA) is 81.3 Å². The molecule has 0 aliphatic heterocycles. The lowest BCUT2D eigenvalue weighted by atomic mass is 10.1. The summed E-state index contributed by atoms with van der Waals surface area (Å²) < 4.78 is 11.3. The summed E-state index contributed by atoms with van der Waals surface area (Å²) in [6.45, 7) is 3.76. The number of methoxy groups -OCH3 is 1. The van der Waals surface area contributed by atoms with Crippen LogP contribution in [0, 0.1) is 6.92 Å². The van der Waals surface area contributed by atoms with E-state index in [1.54, 1.807) is 21.0 Å². The number of fused-ring (bicyclic) bond motifs is 1. The van der Waals surface area contributed by atoms with Gasteiger partial charge in [0, 0.05) is 16.5 Å². The van der Waals surface area contributed by atoms with Crippen LogP contribution in [0.15, 0.2) is 27.5 Å². The molecule has 0 aliphatic carbocycles. The minimum atomic E-state index is -0.428. The number of H-pyrrole nitrogens is 1. The Kier molecular flexibility index (Phi) is 5.43. The minimum absolute atomic E-state index is 0.261. The Bertz CT molecular complexity index is 1040. The van der Waals surface area contributed by atoms with Crippen molar-refractivity contribution in [2.24, 2.45) is 0 Å². The molecule has 136 valence electrons. The first-order valence-electron chi connectivity index (χ1n) is 7.96. The molecular formula is C18H17BrN2O4S. The number of hydrogen-bond donors (Lipinski definition) is 1. The predicted molar refractivity (Wildman–Crippen MR) is 104 cm³/mol. The van der Waals surface area contributed by atoms with E-state index in [1.165, 1.54) is 11.3 Å². The van der Waals surface area contributed by atoms with Crippen LogP contribution in [0.4, 0.5) is 0 Å². The molecule has 6 nitrogen and oxygen atoms in total. The zero-order valence-corrected chi connectivity index (χ0v) is 16.9. The Hall–Kier alpha value is -2.19. The van der Waals surface area contributed by atoms with Crippen molar-refractivity contribution in [2.75, 3.05) is 13.7 Å². The molecule has 8 heteroatoms. The van der Waals surface area contributed by atoms with Crippen LogP contribution in [-0.4, -0.2) is 29.7 Å². The van der Waals surface area contributed by atoms with Crippen molar-refractivity contribution in [1.29, 1.82) is 0 Å². The average molecular weight is 437 g/mol. The van der Waals surface area contributed by atoms with E-state index in [0.717, 1.165) is 10.0 Å². The van der Waals surface area contributed by atoms with Crippen molar-refractivity contribution in [3.63, 3.8) is 0 Å². The zero-order chi connectivity index (χ0) is 18.8. The van der Waals surface area contributed by atoms with Gasteiger partial charge in [0.05, 0.1) is 19.1 Å². The van der Waals surface area contributed by atoms with Gasteiger partial charge in [0.1, 0.15) is 21.3 Å². The summed E-state index contributed by atoms with van der Waals surface area (Å²) in [4.78, 5) is 32.9. The summed E-state index contributed by atoms with van der Waals surface area (Å²) in [5, 5.41) is 0.433. The molecule has 0 spiro atoms. The van der Waals surface area contributed by atoms with Crippen molar-refractivity contribution in [3.8, 4) is 5.75 Å². The Morgan fingerprint density at radius 2 is 2.15 bits per heavy atom. The summed E-state index contributed by atoms with van der Waals surface area (Å²) in [6.07, 6.45) is 0.402. The lowest BCUT2D eigenvalue weighted by Gasteiger charge is -2.08. The summed E-state index contributed by atoms with van der Waals surface area (Å²) >= 11 is 4.62. The van der Waals surface area contributed by atoms with Gasteiger partial charge < -0.3 is 14.5 Å². The smallest absolute Gasteiger partial charge is 0.348 e. The lowest BCUT2D eigenvalue weighted by molar-refractivity contribution is 0.0531. The first kappa shape index (κ1) is 18.6. The fourth-order valence-corrected chi connectivity index (χ4v) is 4.23. The summed E-state index contributed by atoms with van der Waals surface area (Å²) in [5.41, 5.74) is 1.23. The van der Waals surface area contributed by atoms with Gasteiger partial charge in [-0.15, -0.1) is 11.3 Å². The van der Waals surface area contributed by atoms with Crippen molar-refractivity contribution in [3.05, 3.63) is 54.9 Å². The van der Waals surface area contributed by atoms with Crippen LogP contribution in [0.2, 0.25) is 0 Å². The third kappa shape index (κ3) is 3.52. The quantitative estimate of drug-likeness (QED) is 0.614. The van der Waals surface area contributed by atoms with Gasteiger partial charge in [0.15, 0.2) is 0 Å². The summed E-state index contributed by atoms with van der Waals surface area (Å²) in [6, 6.07) is 5.66. The third-order valence-corrected chi connectivity index (χ3v) is 5.57. The van der Waals surface area contributed by atoms with E-state index < -0.39 is 5.97 Å². The molecule has 0 bridgehead atoms. The number of benzene rings is 1. The van der Waals surface area contributed by atoms with Gasteiger partial charge in [-0.1, -0.05) is 15.9 Å². The molecule has 3 rings (SSSR count). The molecule has 0 aliphatic rings. The van der Waals surface area contributed by atoms with Crippen molar-refractivity contribution in [1.82, 2.24) is 9.97 Å². The van der Waals surface area contributed by atoms with Crippen LogP contribution in [-0.2, 0) is 11.2 Å². The van der Waals surface area contributed by atoms with E-state index in [-0.39, 0.29) is 12.2 Å². The van der Waals surface area contributed by atoms with E-state index in [1.807, 2.05) is 18.2 Å². The number of nitrogens with zero attached hydrogens (tertiary/aromatic N) is 1. The number of thiophene rings is 1. The fraction of sp³-hybridized carbons (Fsp3) is 0.278. The molecule has 1 aromatic carbocycles. The third-order valence-electron chi connectivity index (χ3n) is 3.91. The number of aryl methyl sites for hydroxylation is 1. The number of carbonyl (C=O) groups excluding carboxylic acids is 1. The predicted octanol–water partition coefficient (Wildman–Crippen LogP) is 3.83. The maximum Gasteiger partial charge on any atom is 0.348 e. The second kappa shape index (κ2) is 7.59. The van der Waals surface area contributed by atoms with Crippen LogP contribution in [0.5, 0.6) is 5.75 Å². The molecular weight excluding hydrogens is 420 g/mol. The molecule has 0 radical (unpaired) electrons. The normalized spacial score (nSPS) is 10.9. The number of ether oxygens (including phenoxy) is 2. The van der Waals surface area contributed by atoms with Gasteiger partial charge in [-0.25, -0.2) is 9.78 Å². The number of rotatable bonds is 5. The van der Waals surface area contributed by atoms with Crippen LogP contribution in [0.3, 0.4) is 0 Å². The summed E-state index contributed by atoms with van der Waals surface area (Å²) in [5.74, 6) is 0.795. The Morgan fingerprint density at radius 3 is 2.85 bits per heavy atom. The van der Waals surface area contributed by atoms with Gasteiger partial charge in [-0.05, 0) is 37.6 Å². The lowest BCUT2D eigenvalue weighted by Crippen LogP contribution is -2.12. The SMILES string of the molecule is CCOC(=O)c1sc2nc(Cc3cc(Br)ccc3OC)[nH]c(=O)c2c1C. The number of carbonyl (C=O) groups is 1. The molecule has 3 aromatic rings. The van der Waals surface area contributed by atoms with E-state index in [9.17, 15) is 9.59 Å².